The summed E-state index contributed by atoms with van der Waals surface area (Å²) < 4.78 is 2.14. The van der Waals surface area contributed by atoms with Gasteiger partial charge < -0.3 is 15.2 Å². The van der Waals surface area contributed by atoms with Crippen molar-refractivity contribution >= 4 is 16.8 Å². The molecule has 0 unspecified atom stereocenters. The van der Waals surface area contributed by atoms with Gasteiger partial charge in [-0.2, -0.15) is 0 Å². The van der Waals surface area contributed by atoms with Crippen LogP contribution in [0.2, 0.25) is 0 Å². The van der Waals surface area contributed by atoms with Gasteiger partial charge in [0.25, 0.3) is 5.91 Å². The predicted octanol–water partition coefficient (Wildman–Crippen LogP) is 3.44. The maximum atomic E-state index is 13.1. The van der Waals surface area contributed by atoms with Crippen LogP contribution < -0.4 is 5.73 Å². The minimum atomic E-state index is -0.0384. The zero-order valence-electron chi connectivity index (χ0n) is 14.6. The van der Waals surface area contributed by atoms with E-state index in [1.54, 1.807) is 0 Å². The molecule has 128 valence electrons. The number of benzene rings is 2. The van der Waals surface area contributed by atoms with Gasteiger partial charge in [0.05, 0.1) is 6.04 Å². The molecular weight excluding hydrogens is 310 g/mol. The Morgan fingerprint density at radius 2 is 1.76 bits per heavy atom. The lowest BCUT2D eigenvalue weighted by atomic mass is 9.79. The lowest BCUT2D eigenvalue weighted by Crippen LogP contribution is -2.44. The third-order valence-corrected chi connectivity index (χ3v) is 5.41. The van der Waals surface area contributed by atoms with Crippen molar-refractivity contribution in [3.05, 3.63) is 71.4 Å². The molecule has 2 heterocycles. The van der Waals surface area contributed by atoms with Gasteiger partial charge in [0, 0.05) is 54.3 Å². The summed E-state index contributed by atoms with van der Waals surface area (Å²) in [6.07, 6.45) is 2.15. The first-order valence-electron chi connectivity index (χ1n) is 8.81. The normalized spacial score (nSPS) is 20.1. The highest BCUT2D eigenvalue weighted by Gasteiger charge is 2.40. The predicted molar refractivity (Wildman–Crippen MR) is 101 cm³/mol. The van der Waals surface area contributed by atoms with Crippen LogP contribution in [0.5, 0.6) is 0 Å². The van der Waals surface area contributed by atoms with Gasteiger partial charge in [0.15, 0.2) is 0 Å². The third-order valence-electron chi connectivity index (χ3n) is 5.41. The van der Waals surface area contributed by atoms with Crippen molar-refractivity contribution in [2.75, 3.05) is 13.1 Å². The summed E-state index contributed by atoms with van der Waals surface area (Å²) in [6.45, 7) is 3.21. The molecule has 4 nitrogen and oxygen atoms in total. The van der Waals surface area contributed by atoms with Crippen molar-refractivity contribution in [1.82, 2.24) is 9.47 Å². The summed E-state index contributed by atoms with van der Waals surface area (Å²) in [5, 5.41) is 1.19. The number of nitrogens with zero attached hydrogens (tertiary/aromatic N) is 2. The van der Waals surface area contributed by atoms with Gasteiger partial charge in [-0.05, 0) is 24.6 Å². The van der Waals surface area contributed by atoms with E-state index in [0.717, 1.165) is 11.1 Å². The number of carbonyl (C=O) groups excluding carboxylic acids is 1. The summed E-state index contributed by atoms with van der Waals surface area (Å²) in [6, 6.07) is 16.2. The van der Waals surface area contributed by atoms with Crippen molar-refractivity contribution in [2.24, 2.45) is 12.8 Å². The molecule has 0 bridgehead atoms. The number of aryl methyl sites for hydroxylation is 1. The van der Waals surface area contributed by atoms with Gasteiger partial charge >= 0.3 is 0 Å². The second kappa shape index (κ2) is 6.05. The van der Waals surface area contributed by atoms with E-state index >= 15 is 0 Å². The van der Waals surface area contributed by atoms with E-state index in [1.807, 2.05) is 36.1 Å². The summed E-state index contributed by atoms with van der Waals surface area (Å²) in [5.41, 5.74) is 10.4. The molecule has 1 amide bonds. The summed E-state index contributed by atoms with van der Waals surface area (Å²) in [5.74, 6) is 0.195. The van der Waals surface area contributed by atoms with Crippen LogP contribution >= 0.6 is 0 Å². The molecule has 0 radical (unpaired) electrons. The number of carbonyl (C=O) groups is 1. The molecule has 4 rings (SSSR count). The Balaban J connectivity index is 1.96. The van der Waals surface area contributed by atoms with Gasteiger partial charge in [-0.1, -0.05) is 36.4 Å². The monoisotopic (exact) mass is 333 g/mol. The lowest BCUT2D eigenvalue weighted by Gasteiger charge is -2.41. The van der Waals surface area contributed by atoms with Crippen molar-refractivity contribution < 1.29 is 4.79 Å². The molecule has 2 atom stereocenters. The van der Waals surface area contributed by atoms with E-state index < -0.39 is 0 Å². The van der Waals surface area contributed by atoms with E-state index in [-0.39, 0.29) is 17.9 Å². The Labute approximate surface area is 147 Å². The maximum absolute atomic E-state index is 13.1. The van der Waals surface area contributed by atoms with Crippen LogP contribution in [0.4, 0.5) is 0 Å². The van der Waals surface area contributed by atoms with Crippen LogP contribution in [-0.4, -0.2) is 28.5 Å². The topological polar surface area (TPSA) is 51.3 Å². The summed E-state index contributed by atoms with van der Waals surface area (Å²) in [7, 11) is 2.05. The molecule has 0 aliphatic carbocycles. The summed E-state index contributed by atoms with van der Waals surface area (Å²) in [4.78, 5) is 15.1. The Hall–Kier alpha value is -2.59. The Morgan fingerprint density at radius 3 is 2.52 bits per heavy atom. The van der Waals surface area contributed by atoms with E-state index in [1.165, 1.54) is 16.5 Å². The van der Waals surface area contributed by atoms with Crippen molar-refractivity contribution in [3.63, 3.8) is 0 Å². The average molecular weight is 333 g/mol. The quantitative estimate of drug-likeness (QED) is 0.798. The van der Waals surface area contributed by atoms with E-state index in [0.29, 0.717) is 13.1 Å². The standard InChI is InChI=1S/C21H23N3O/c1-3-24-20(18-13-23(2)19-11-7-6-9-15(18)19)17(12-22)14-8-4-5-10-16(14)21(24)25/h4-11,13,17,20H,3,12,22H2,1-2H3/t17-,20-/m1/s1. The van der Waals surface area contributed by atoms with Crippen LogP contribution in [-0.2, 0) is 7.05 Å². The highest BCUT2D eigenvalue weighted by Crippen LogP contribution is 2.44. The van der Waals surface area contributed by atoms with Gasteiger partial charge in [-0.15, -0.1) is 0 Å². The first kappa shape index (κ1) is 15.9. The van der Waals surface area contributed by atoms with Crippen LogP contribution in [0.3, 0.4) is 0 Å². The van der Waals surface area contributed by atoms with Crippen molar-refractivity contribution in [1.29, 1.82) is 0 Å². The molecule has 4 heteroatoms. The first-order valence-corrected chi connectivity index (χ1v) is 8.81. The molecular formula is C21H23N3O. The molecule has 0 saturated carbocycles. The van der Waals surface area contributed by atoms with E-state index in [9.17, 15) is 4.79 Å². The fourth-order valence-corrected chi connectivity index (χ4v) is 4.27. The number of amides is 1. The minimum absolute atomic E-state index is 0.0384. The first-order chi connectivity index (χ1) is 12.2. The average Bonchev–Trinajstić information content (AvgIpc) is 2.98. The lowest BCUT2D eigenvalue weighted by molar-refractivity contribution is 0.0626. The number of para-hydroxylation sites is 1. The molecule has 25 heavy (non-hydrogen) atoms. The van der Waals surface area contributed by atoms with Gasteiger partial charge in [-0.3, -0.25) is 4.79 Å². The Bertz CT molecular complexity index is 943. The number of hydrogen-bond acceptors (Lipinski definition) is 2. The van der Waals surface area contributed by atoms with Crippen LogP contribution in [0.25, 0.3) is 10.9 Å². The Kier molecular flexibility index (Phi) is 3.85. The van der Waals surface area contributed by atoms with E-state index in [2.05, 4.69) is 42.1 Å². The van der Waals surface area contributed by atoms with Crippen molar-refractivity contribution in [3.8, 4) is 0 Å². The van der Waals surface area contributed by atoms with Gasteiger partial charge in [0.2, 0.25) is 0 Å². The number of fused-ring (bicyclic) bond motifs is 2. The number of likely N-dealkylation sites (N-methyl/N-ethyl adjacent to an activating group) is 1. The molecule has 0 spiro atoms. The SMILES string of the molecule is CCN1C(=O)c2ccccc2[C@@H](CN)[C@@H]1c1cn(C)c2ccccc12. The highest BCUT2D eigenvalue weighted by molar-refractivity contribution is 5.98. The smallest absolute Gasteiger partial charge is 0.254 e. The zero-order valence-corrected chi connectivity index (χ0v) is 14.6. The molecule has 1 aliphatic rings. The molecule has 0 saturated heterocycles. The fourth-order valence-electron chi connectivity index (χ4n) is 4.27. The molecule has 3 aromatic rings. The van der Waals surface area contributed by atoms with Crippen LogP contribution in [0, 0.1) is 0 Å². The van der Waals surface area contributed by atoms with Crippen molar-refractivity contribution in [2.45, 2.75) is 18.9 Å². The second-order valence-corrected chi connectivity index (χ2v) is 6.68. The molecule has 0 fully saturated rings. The third kappa shape index (κ3) is 2.29. The molecule has 1 aliphatic heterocycles. The fraction of sp³-hybridized carbons (Fsp3) is 0.286. The zero-order chi connectivity index (χ0) is 17.6. The highest BCUT2D eigenvalue weighted by atomic mass is 16.2. The van der Waals surface area contributed by atoms with Crippen LogP contribution in [0.15, 0.2) is 54.7 Å². The maximum Gasteiger partial charge on any atom is 0.254 e. The molecule has 2 aromatic carbocycles. The minimum Gasteiger partial charge on any atom is -0.350 e. The number of rotatable bonds is 3. The number of nitrogens with two attached hydrogens (primary N) is 1. The number of hydrogen-bond donors (Lipinski definition) is 1. The van der Waals surface area contributed by atoms with E-state index in [4.69, 9.17) is 5.73 Å². The second-order valence-electron chi connectivity index (χ2n) is 6.68. The van der Waals surface area contributed by atoms with Gasteiger partial charge in [0.1, 0.15) is 0 Å². The molecule has 2 N–H and O–H groups in total. The largest absolute Gasteiger partial charge is 0.350 e. The number of aromatic nitrogens is 1. The van der Waals surface area contributed by atoms with Crippen LogP contribution in [0.1, 0.15) is 40.4 Å². The molecule has 1 aromatic heterocycles. The Morgan fingerprint density at radius 1 is 1.04 bits per heavy atom. The summed E-state index contributed by atoms with van der Waals surface area (Å²) >= 11 is 0. The van der Waals surface area contributed by atoms with Gasteiger partial charge in [-0.25, -0.2) is 0 Å².